The Balaban J connectivity index is 1.47. The van der Waals surface area contributed by atoms with Gasteiger partial charge in [-0.05, 0) is 61.6 Å². The van der Waals surface area contributed by atoms with E-state index >= 15 is 0 Å². The molecule has 1 aliphatic rings. The quantitative estimate of drug-likeness (QED) is 0.251. The maximum Gasteiger partial charge on any atom is 0.285 e. The van der Waals surface area contributed by atoms with Crippen LogP contribution in [0.25, 0.3) is 23.0 Å². The molecule has 1 saturated heterocycles. The minimum Gasteiger partial charge on any atom is -0.267 e. The summed E-state index contributed by atoms with van der Waals surface area (Å²) in [6.45, 7) is 1.94. The van der Waals surface area contributed by atoms with Gasteiger partial charge in [0.25, 0.3) is 11.8 Å². The van der Waals surface area contributed by atoms with E-state index in [-0.39, 0.29) is 4.32 Å². The summed E-state index contributed by atoms with van der Waals surface area (Å²) in [5, 5.41) is 6.50. The maximum absolute atomic E-state index is 13.2. The third kappa shape index (κ3) is 4.97. The lowest BCUT2D eigenvalue weighted by Gasteiger charge is -2.15. The number of halogens is 1. The molecule has 1 aliphatic heterocycles. The van der Waals surface area contributed by atoms with Crippen molar-refractivity contribution in [1.82, 2.24) is 20.2 Å². The van der Waals surface area contributed by atoms with E-state index < -0.39 is 11.8 Å². The summed E-state index contributed by atoms with van der Waals surface area (Å²) in [5.74, 6) is -0.814. The molecular formula is C27H19ClN4O2S2. The molecule has 36 heavy (non-hydrogen) atoms. The molecule has 0 radical (unpaired) electrons. The van der Waals surface area contributed by atoms with Gasteiger partial charge in [0.2, 0.25) is 0 Å². The van der Waals surface area contributed by atoms with Crippen molar-refractivity contribution in [3.63, 3.8) is 0 Å². The average Bonchev–Trinajstić information content (AvgIpc) is 3.42. The smallest absolute Gasteiger partial charge is 0.267 e. The Hall–Kier alpha value is -3.72. The highest BCUT2D eigenvalue weighted by atomic mass is 35.5. The van der Waals surface area contributed by atoms with Gasteiger partial charge in [-0.3, -0.25) is 15.0 Å². The number of thiocarbonyl (C=S) groups is 1. The van der Waals surface area contributed by atoms with Crippen LogP contribution in [0.4, 0.5) is 0 Å². The summed E-state index contributed by atoms with van der Waals surface area (Å²) in [6.07, 6.45) is 3.60. The van der Waals surface area contributed by atoms with E-state index in [1.807, 2.05) is 67.7 Å². The second-order valence-electron chi connectivity index (χ2n) is 8.04. The highest BCUT2D eigenvalue weighted by Gasteiger charge is 2.34. The Labute approximate surface area is 222 Å². The predicted octanol–water partition coefficient (Wildman–Crippen LogP) is 6.05. The van der Waals surface area contributed by atoms with Crippen molar-refractivity contribution in [3.8, 4) is 16.9 Å². The minimum absolute atomic E-state index is 0.246. The van der Waals surface area contributed by atoms with Gasteiger partial charge in [0, 0.05) is 27.9 Å². The largest absolute Gasteiger partial charge is 0.285 e. The van der Waals surface area contributed by atoms with Gasteiger partial charge in [-0.15, -0.1) is 0 Å². The van der Waals surface area contributed by atoms with E-state index in [0.717, 1.165) is 39.1 Å². The molecule has 1 N–H and O–H groups in total. The van der Waals surface area contributed by atoms with Crippen LogP contribution in [-0.4, -0.2) is 30.9 Å². The highest BCUT2D eigenvalue weighted by Crippen LogP contribution is 2.34. The molecule has 2 heterocycles. The molecule has 0 atom stereocenters. The molecule has 1 fully saturated rings. The van der Waals surface area contributed by atoms with E-state index in [1.54, 1.807) is 35.0 Å². The van der Waals surface area contributed by atoms with Crippen molar-refractivity contribution >= 4 is 57.8 Å². The first kappa shape index (κ1) is 24.0. The number of carbonyl (C=O) groups is 2. The third-order valence-corrected chi connectivity index (χ3v) is 7.04. The number of aryl methyl sites for hydroxylation is 1. The molecular weight excluding hydrogens is 512 g/mol. The first-order valence-corrected chi connectivity index (χ1v) is 12.6. The molecule has 1 aromatic heterocycles. The number of para-hydroxylation sites is 1. The number of thioether (sulfide) groups is 1. The Bertz CT molecular complexity index is 1500. The monoisotopic (exact) mass is 530 g/mol. The van der Waals surface area contributed by atoms with Gasteiger partial charge in [0.05, 0.1) is 16.3 Å². The Morgan fingerprint density at radius 2 is 1.72 bits per heavy atom. The molecule has 0 bridgehead atoms. The average molecular weight is 531 g/mol. The summed E-state index contributed by atoms with van der Waals surface area (Å²) in [4.78, 5) is 26.3. The number of aromatic nitrogens is 2. The summed E-state index contributed by atoms with van der Waals surface area (Å²) in [7, 11) is 0. The van der Waals surface area contributed by atoms with Crippen molar-refractivity contribution < 1.29 is 9.59 Å². The standard InChI is InChI=1S/C27H19ClN4O2S2/c1-17-7-9-19(10-8-17)25(33)30-32-26(34)23(36-27(32)35)15-20-16-31(22-5-3-2-4-6-22)29-24(20)18-11-13-21(28)14-12-18/h2-16H,1H3,(H,30,33)/b23-15-. The van der Waals surface area contributed by atoms with Crippen LogP contribution < -0.4 is 5.43 Å². The van der Waals surface area contributed by atoms with Crippen LogP contribution in [0.5, 0.6) is 0 Å². The van der Waals surface area contributed by atoms with Gasteiger partial charge < -0.3 is 0 Å². The van der Waals surface area contributed by atoms with Crippen LogP contribution in [0.1, 0.15) is 21.5 Å². The van der Waals surface area contributed by atoms with Gasteiger partial charge in [0.15, 0.2) is 4.32 Å². The summed E-state index contributed by atoms with van der Waals surface area (Å²) in [5.41, 5.74) is 7.24. The lowest BCUT2D eigenvalue weighted by molar-refractivity contribution is -0.123. The van der Waals surface area contributed by atoms with Gasteiger partial charge in [-0.25, -0.2) is 4.68 Å². The van der Waals surface area contributed by atoms with E-state index in [4.69, 9.17) is 28.9 Å². The van der Waals surface area contributed by atoms with E-state index in [2.05, 4.69) is 5.43 Å². The van der Waals surface area contributed by atoms with Gasteiger partial charge in [-0.2, -0.15) is 10.1 Å². The second kappa shape index (κ2) is 10.1. The van der Waals surface area contributed by atoms with Gasteiger partial charge >= 0.3 is 0 Å². The van der Waals surface area contributed by atoms with Crippen LogP contribution >= 0.6 is 35.6 Å². The zero-order valence-electron chi connectivity index (χ0n) is 19.0. The normalized spacial score (nSPS) is 14.5. The van der Waals surface area contributed by atoms with E-state index in [9.17, 15) is 9.59 Å². The second-order valence-corrected chi connectivity index (χ2v) is 10.2. The lowest BCUT2D eigenvalue weighted by Crippen LogP contribution is -2.44. The molecule has 6 nitrogen and oxygen atoms in total. The number of hydrogen-bond acceptors (Lipinski definition) is 5. The molecule has 9 heteroatoms. The fraction of sp³-hybridized carbons (Fsp3) is 0.0370. The number of nitrogens with one attached hydrogen (secondary N) is 1. The van der Waals surface area contributed by atoms with Crippen molar-refractivity contribution in [2.24, 2.45) is 0 Å². The maximum atomic E-state index is 13.2. The number of benzene rings is 3. The van der Waals surface area contributed by atoms with Crippen LogP contribution in [0.2, 0.25) is 5.02 Å². The van der Waals surface area contributed by atoms with E-state index in [0.29, 0.717) is 21.2 Å². The van der Waals surface area contributed by atoms with E-state index in [1.165, 1.54) is 0 Å². The first-order valence-electron chi connectivity index (χ1n) is 11.0. The molecule has 0 aliphatic carbocycles. The Morgan fingerprint density at radius 3 is 2.42 bits per heavy atom. The van der Waals surface area contributed by atoms with Crippen LogP contribution in [0, 0.1) is 6.92 Å². The van der Waals surface area contributed by atoms with Crippen LogP contribution in [0.3, 0.4) is 0 Å². The van der Waals surface area contributed by atoms with Gasteiger partial charge in [0.1, 0.15) is 0 Å². The van der Waals surface area contributed by atoms with Gasteiger partial charge in [-0.1, -0.05) is 71.4 Å². The molecule has 0 spiro atoms. The lowest BCUT2D eigenvalue weighted by atomic mass is 10.1. The Morgan fingerprint density at radius 1 is 1.03 bits per heavy atom. The number of hydrogen-bond donors (Lipinski definition) is 1. The highest BCUT2D eigenvalue weighted by molar-refractivity contribution is 8.26. The van der Waals surface area contributed by atoms with Crippen molar-refractivity contribution in [1.29, 1.82) is 0 Å². The SMILES string of the molecule is Cc1ccc(C(=O)NN2C(=O)/C(=C/c3cn(-c4ccccc4)nc3-c3ccc(Cl)cc3)SC2=S)cc1. The number of rotatable bonds is 5. The zero-order valence-corrected chi connectivity index (χ0v) is 21.4. The van der Waals surface area contributed by atoms with Crippen LogP contribution in [-0.2, 0) is 4.79 Å². The van der Waals surface area contributed by atoms with Crippen molar-refractivity contribution in [2.75, 3.05) is 0 Å². The molecule has 3 aromatic carbocycles. The fourth-order valence-corrected chi connectivity index (χ4v) is 4.91. The molecule has 4 aromatic rings. The number of carbonyl (C=O) groups excluding carboxylic acids is 2. The van der Waals surface area contributed by atoms with Crippen LogP contribution in [0.15, 0.2) is 90.0 Å². The predicted molar refractivity (Wildman–Crippen MR) is 148 cm³/mol. The Kier molecular flexibility index (Phi) is 6.73. The third-order valence-electron chi connectivity index (χ3n) is 5.49. The summed E-state index contributed by atoms with van der Waals surface area (Å²) in [6, 6.07) is 24.1. The molecule has 0 unspecified atom stereocenters. The zero-order chi connectivity index (χ0) is 25.2. The molecule has 2 amide bonds. The number of nitrogens with zero attached hydrogens (tertiary/aromatic N) is 3. The topological polar surface area (TPSA) is 67.2 Å². The minimum atomic E-state index is -0.411. The van der Waals surface area contributed by atoms with Crippen molar-refractivity contribution in [3.05, 3.63) is 112 Å². The number of amides is 2. The molecule has 5 rings (SSSR count). The first-order chi connectivity index (χ1) is 17.4. The summed E-state index contributed by atoms with van der Waals surface area (Å²) < 4.78 is 2.01. The molecule has 178 valence electrons. The fourth-order valence-electron chi connectivity index (χ4n) is 3.61. The van der Waals surface area contributed by atoms with Crippen molar-refractivity contribution in [2.45, 2.75) is 6.92 Å². The number of hydrazine groups is 1. The summed E-state index contributed by atoms with van der Waals surface area (Å²) >= 11 is 12.6. The molecule has 0 saturated carbocycles.